The van der Waals surface area contributed by atoms with E-state index in [2.05, 4.69) is 5.32 Å². The molecule has 1 atom stereocenters. The number of morpholine rings is 1. The van der Waals surface area contributed by atoms with Gasteiger partial charge in [-0.25, -0.2) is 0 Å². The average Bonchev–Trinajstić information content (AvgIpc) is 1.90. The molecule has 0 aliphatic carbocycles. The fourth-order valence-electron chi connectivity index (χ4n) is 0.805. The maximum atomic E-state index is 5.41. The Kier molecular flexibility index (Phi) is 3.31. The predicted octanol–water partition coefficient (Wildman–Crippen LogP) is -0.0601. The van der Waals surface area contributed by atoms with Crippen LogP contribution in [0.2, 0.25) is 3.93 Å². The van der Waals surface area contributed by atoms with Gasteiger partial charge in [0.15, 0.2) is 0 Å². The monoisotopic (exact) mass is 302 g/mol. The Morgan fingerprint density at radius 1 is 1.75 bits per heavy atom. The topological polar surface area (TPSA) is 21.3 Å². The van der Waals surface area contributed by atoms with Crippen LogP contribution in [0.5, 0.6) is 0 Å². The third-order valence-electron chi connectivity index (χ3n) is 1.33. The van der Waals surface area contributed by atoms with Gasteiger partial charge in [0.2, 0.25) is 0 Å². The number of hydrogen-bond donors (Lipinski definition) is 1. The van der Waals surface area contributed by atoms with Gasteiger partial charge in [0.1, 0.15) is 0 Å². The van der Waals surface area contributed by atoms with Crippen molar-refractivity contribution in [2.24, 2.45) is 0 Å². The Morgan fingerprint density at radius 2 is 2.62 bits per heavy atom. The molecule has 2 nitrogen and oxygen atoms in total. The van der Waals surface area contributed by atoms with Crippen molar-refractivity contribution in [1.29, 1.82) is 0 Å². The van der Waals surface area contributed by atoms with Gasteiger partial charge < -0.3 is 0 Å². The third-order valence-corrected chi connectivity index (χ3v) is 3.83. The molecule has 0 amide bonds. The van der Waals surface area contributed by atoms with E-state index in [1.165, 1.54) is 3.93 Å². The fourth-order valence-corrected chi connectivity index (χ4v) is 2.25. The zero-order valence-electron chi connectivity index (χ0n) is 5.02. The van der Waals surface area contributed by atoms with Gasteiger partial charge in [0.25, 0.3) is 0 Å². The van der Waals surface area contributed by atoms with E-state index in [1.54, 1.807) is 0 Å². The molecule has 1 heterocycles. The van der Waals surface area contributed by atoms with E-state index in [0.717, 1.165) is 45.8 Å². The summed E-state index contributed by atoms with van der Waals surface area (Å²) in [5, 5.41) is 3.29. The summed E-state index contributed by atoms with van der Waals surface area (Å²) in [7, 11) is 0. The Balaban J connectivity index is 2.13. The van der Waals surface area contributed by atoms with Gasteiger partial charge in [-0.3, -0.25) is 0 Å². The second-order valence-corrected chi connectivity index (χ2v) is 4.23. The molecule has 0 bridgehead atoms. The molecule has 1 fully saturated rings. The molecular formula is C5H10HgNO. The van der Waals surface area contributed by atoms with E-state index in [-0.39, 0.29) is 0 Å². The van der Waals surface area contributed by atoms with Crippen molar-refractivity contribution in [3.8, 4) is 0 Å². The van der Waals surface area contributed by atoms with Gasteiger partial charge >= 0.3 is 65.9 Å². The summed E-state index contributed by atoms with van der Waals surface area (Å²) < 4.78 is 6.74. The van der Waals surface area contributed by atoms with E-state index >= 15 is 0 Å². The molecule has 0 aromatic rings. The minimum absolute atomic E-state index is 0.562. The predicted molar refractivity (Wildman–Crippen MR) is 27.4 cm³/mol. The number of hydrogen-bond acceptors (Lipinski definition) is 2. The van der Waals surface area contributed by atoms with Crippen molar-refractivity contribution in [1.82, 2.24) is 5.32 Å². The molecule has 8 heavy (non-hydrogen) atoms. The van der Waals surface area contributed by atoms with Crippen LogP contribution in [0.4, 0.5) is 0 Å². The quantitative estimate of drug-likeness (QED) is 0.685. The molecule has 1 saturated heterocycles. The van der Waals surface area contributed by atoms with Crippen molar-refractivity contribution >= 4 is 0 Å². The Labute approximate surface area is 65.9 Å². The summed E-state index contributed by atoms with van der Waals surface area (Å²) in [5.74, 6) is 0. The summed E-state index contributed by atoms with van der Waals surface area (Å²) in [6.45, 7) is 3.05. The van der Waals surface area contributed by atoms with Crippen molar-refractivity contribution in [2.45, 2.75) is 10.0 Å². The summed E-state index contributed by atoms with van der Waals surface area (Å²) in [6.07, 6.45) is 0.562. The van der Waals surface area contributed by atoms with E-state index in [1.807, 2.05) is 0 Å². The molecule has 1 aliphatic heterocycles. The van der Waals surface area contributed by atoms with Crippen LogP contribution in [0.25, 0.3) is 0 Å². The van der Waals surface area contributed by atoms with E-state index in [4.69, 9.17) is 4.74 Å². The zero-order chi connectivity index (χ0) is 5.82. The van der Waals surface area contributed by atoms with Crippen LogP contribution < -0.4 is 5.32 Å². The molecule has 1 rings (SSSR count). The van der Waals surface area contributed by atoms with Gasteiger partial charge in [-0.2, -0.15) is 0 Å². The number of nitrogens with one attached hydrogen (secondary N) is 1. The normalized spacial score (nSPS) is 30.5. The second-order valence-electron chi connectivity index (χ2n) is 1.99. The Bertz CT molecular complexity index is 63.4. The van der Waals surface area contributed by atoms with Crippen LogP contribution in [0.3, 0.4) is 0 Å². The first kappa shape index (κ1) is 6.97. The minimum atomic E-state index is 0.562. The molecule has 3 heteroatoms. The van der Waals surface area contributed by atoms with Crippen molar-refractivity contribution in [3.63, 3.8) is 0 Å². The summed E-state index contributed by atoms with van der Waals surface area (Å²) >= 11 is 0.911. The SMILES string of the molecule is [Hg][CH2]C1CNCCO1. The molecule has 43 valence electrons. The molecule has 1 N–H and O–H groups in total. The van der Waals surface area contributed by atoms with Crippen molar-refractivity contribution in [3.05, 3.63) is 0 Å². The van der Waals surface area contributed by atoms with Crippen LogP contribution in [0.1, 0.15) is 0 Å². The molecular weight excluding hydrogens is 291 g/mol. The van der Waals surface area contributed by atoms with Gasteiger partial charge in [-0.15, -0.1) is 0 Å². The standard InChI is InChI=1S/C5H10NO.Hg/c1-5-4-6-2-3-7-5;/h5-6H,1-4H2;. The molecule has 0 spiro atoms. The first-order valence-corrected chi connectivity index (χ1v) is 6.94. The van der Waals surface area contributed by atoms with E-state index in [0.29, 0.717) is 6.10 Å². The molecule has 1 aliphatic rings. The molecule has 1 unspecified atom stereocenters. The first-order valence-electron chi connectivity index (χ1n) is 3.05. The van der Waals surface area contributed by atoms with Gasteiger partial charge in [-0.05, 0) is 0 Å². The van der Waals surface area contributed by atoms with Crippen molar-refractivity contribution < 1.29 is 30.9 Å². The second kappa shape index (κ2) is 3.80. The number of rotatable bonds is 1. The molecule has 0 radical (unpaired) electrons. The van der Waals surface area contributed by atoms with E-state index < -0.39 is 0 Å². The van der Waals surface area contributed by atoms with Crippen LogP contribution >= 0.6 is 0 Å². The summed E-state index contributed by atoms with van der Waals surface area (Å²) in [5.41, 5.74) is 0. The van der Waals surface area contributed by atoms with Crippen LogP contribution in [0.15, 0.2) is 0 Å². The zero-order valence-corrected chi connectivity index (χ0v) is 10.5. The summed E-state index contributed by atoms with van der Waals surface area (Å²) in [4.78, 5) is 0. The van der Waals surface area contributed by atoms with Gasteiger partial charge in [-0.1, -0.05) is 0 Å². The first-order chi connectivity index (χ1) is 3.93. The van der Waals surface area contributed by atoms with Gasteiger partial charge in [0.05, 0.1) is 0 Å². The fraction of sp³-hybridized carbons (Fsp3) is 1.00. The molecule has 0 saturated carbocycles. The molecule has 0 aromatic carbocycles. The van der Waals surface area contributed by atoms with Crippen LogP contribution in [-0.4, -0.2) is 25.8 Å². The maximum absolute atomic E-state index is 5.41. The average molecular weight is 301 g/mol. The van der Waals surface area contributed by atoms with E-state index in [9.17, 15) is 0 Å². The van der Waals surface area contributed by atoms with Crippen molar-refractivity contribution in [2.75, 3.05) is 19.7 Å². The van der Waals surface area contributed by atoms with Gasteiger partial charge in [0, 0.05) is 0 Å². The third kappa shape index (κ3) is 1.99. The summed E-state index contributed by atoms with van der Waals surface area (Å²) in [6, 6.07) is 0. The molecule has 0 aromatic heterocycles. The van der Waals surface area contributed by atoms with Crippen LogP contribution in [0, 0.1) is 0 Å². The Hall–Kier alpha value is 0.855. The number of ether oxygens (including phenoxy) is 1. The van der Waals surface area contributed by atoms with Crippen LogP contribution in [-0.2, 0) is 30.9 Å². The Morgan fingerprint density at radius 3 is 3.00 bits per heavy atom.